The van der Waals surface area contributed by atoms with Crippen molar-refractivity contribution in [3.63, 3.8) is 0 Å². The molecule has 0 spiro atoms. The van der Waals surface area contributed by atoms with E-state index in [1.54, 1.807) is 0 Å². The van der Waals surface area contributed by atoms with Gasteiger partial charge in [0.25, 0.3) is 0 Å². The van der Waals surface area contributed by atoms with E-state index in [0.29, 0.717) is 0 Å². The van der Waals surface area contributed by atoms with Crippen LogP contribution in [0.5, 0.6) is 0 Å². The molecule has 0 fully saturated rings. The molecule has 0 saturated heterocycles. The van der Waals surface area contributed by atoms with Crippen LogP contribution in [-0.2, 0) is 0 Å². The average molecular weight is 124 g/mol. The highest BCUT2D eigenvalue weighted by molar-refractivity contribution is 4.89. The van der Waals surface area contributed by atoms with Crippen molar-refractivity contribution in [3.05, 3.63) is 0 Å². The topological polar surface area (TPSA) is 0 Å². The minimum Gasteiger partial charge on any atom is -0.174 e. The molecule has 0 N–H and O–H groups in total. The monoisotopic (exact) mass is 124 g/mol. The summed E-state index contributed by atoms with van der Waals surface area (Å²) in [6.07, 6.45) is 0. The lowest BCUT2D eigenvalue weighted by atomic mass is 10.7. The minimum absolute atomic E-state index is 1.82. The zero-order valence-corrected chi connectivity index (χ0v) is 4.71. The van der Waals surface area contributed by atoms with Crippen molar-refractivity contribution >= 4 is 0 Å². The van der Waals surface area contributed by atoms with E-state index in [2.05, 4.69) is 11.8 Å². The average Bonchev–Trinajstić information content (AvgIpc) is 1.65. The molecular formula is C5H7F3. The molecule has 3 heteroatoms. The summed E-state index contributed by atoms with van der Waals surface area (Å²) in [4.78, 5) is 0. The SMILES string of the molecule is CC#CC.FC(F)F. The number of rotatable bonds is 0. The summed E-state index contributed by atoms with van der Waals surface area (Å²) in [5.74, 6) is 5.36. The normalized spacial score (nSPS) is 6.25. The number of hydrogen-bond donors (Lipinski definition) is 0. The third kappa shape index (κ3) is 826. The van der Waals surface area contributed by atoms with Crippen molar-refractivity contribution < 1.29 is 13.2 Å². The van der Waals surface area contributed by atoms with E-state index in [-0.39, 0.29) is 0 Å². The first kappa shape index (κ1) is 10.4. The molecule has 0 heterocycles. The van der Waals surface area contributed by atoms with Crippen LogP contribution in [0.15, 0.2) is 0 Å². The van der Waals surface area contributed by atoms with Gasteiger partial charge >= 0.3 is 6.68 Å². The lowest BCUT2D eigenvalue weighted by molar-refractivity contribution is 0.00819. The van der Waals surface area contributed by atoms with Gasteiger partial charge in [0.15, 0.2) is 0 Å². The molecule has 0 aliphatic rings. The van der Waals surface area contributed by atoms with E-state index in [9.17, 15) is 13.2 Å². The van der Waals surface area contributed by atoms with E-state index < -0.39 is 6.68 Å². The van der Waals surface area contributed by atoms with Crippen molar-refractivity contribution in [2.24, 2.45) is 0 Å². The van der Waals surface area contributed by atoms with E-state index >= 15 is 0 Å². The molecule has 0 nitrogen and oxygen atoms in total. The van der Waals surface area contributed by atoms with Crippen molar-refractivity contribution in [2.75, 3.05) is 0 Å². The van der Waals surface area contributed by atoms with Crippen LogP contribution in [0.2, 0.25) is 0 Å². The Morgan fingerprint density at radius 3 is 1.12 bits per heavy atom. The van der Waals surface area contributed by atoms with Crippen LogP contribution in [0.1, 0.15) is 13.8 Å². The fourth-order valence-corrected chi connectivity index (χ4v) is 0. The first-order valence-corrected chi connectivity index (χ1v) is 1.90. The molecule has 0 bridgehead atoms. The summed E-state index contributed by atoms with van der Waals surface area (Å²) in [5.41, 5.74) is 0. The lowest BCUT2D eigenvalue weighted by Gasteiger charge is -1.65. The Hall–Kier alpha value is -0.650. The van der Waals surface area contributed by atoms with Gasteiger partial charge in [0, 0.05) is 0 Å². The molecule has 0 aromatic carbocycles. The maximum atomic E-state index is 9.67. The second kappa shape index (κ2) is 9.61. The fraction of sp³-hybridized carbons (Fsp3) is 0.600. The molecule has 0 radical (unpaired) electrons. The zero-order chi connectivity index (χ0) is 6.99. The number of halogens is 3. The van der Waals surface area contributed by atoms with Crippen LogP contribution in [-0.4, -0.2) is 6.68 Å². The Labute approximate surface area is 46.7 Å². The molecule has 0 rings (SSSR count). The first-order valence-electron chi connectivity index (χ1n) is 1.90. The van der Waals surface area contributed by atoms with Gasteiger partial charge < -0.3 is 0 Å². The van der Waals surface area contributed by atoms with Gasteiger partial charge in [0.1, 0.15) is 0 Å². The fourth-order valence-electron chi connectivity index (χ4n) is 0. The van der Waals surface area contributed by atoms with Gasteiger partial charge in [-0.1, -0.05) is 0 Å². The summed E-state index contributed by atoms with van der Waals surface area (Å²) in [5, 5.41) is 0. The van der Waals surface area contributed by atoms with Crippen LogP contribution in [0.25, 0.3) is 0 Å². The summed E-state index contributed by atoms with van der Waals surface area (Å²) < 4.78 is 29.0. The molecule has 0 aliphatic heterocycles. The molecule has 8 heavy (non-hydrogen) atoms. The van der Waals surface area contributed by atoms with Crippen LogP contribution >= 0.6 is 0 Å². The van der Waals surface area contributed by atoms with Gasteiger partial charge in [0.05, 0.1) is 0 Å². The Balaban J connectivity index is 0. The Bertz CT molecular complexity index is 68.7. The molecule has 0 aromatic rings. The van der Waals surface area contributed by atoms with E-state index in [4.69, 9.17) is 0 Å². The van der Waals surface area contributed by atoms with E-state index in [1.807, 2.05) is 13.8 Å². The van der Waals surface area contributed by atoms with Crippen LogP contribution in [0.4, 0.5) is 13.2 Å². The second-order valence-corrected chi connectivity index (χ2v) is 0.747. The minimum atomic E-state index is -3.67. The quantitative estimate of drug-likeness (QED) is 0.434. The molecule has 0 aliphatic carbocycles. The Kier molecular flexibility index (Phi) is 12.4. The third-order valence-electron chi connectivity index (χ3n) is 0.250. The van der Waals surface area contributed by atoms with Gasteiger partial charge in [0.2, 0.25) is 0 Å². The lowest BCUT2D eigenvalue weighted by Crippen LogP contribution is -1.65. The maximum Gasteiger partial charge on any atom is 0.379 e. The summed E-state index contributed by atoms with van der Waals surface area (Å²) >= 11 is 0. The highest BCUT2D eigenvalue weighted by atomic mass is 19.4. The third-order valence-corrected chi connectivity index (χ3v) is 0.250. The summed E-state index contributed by atoms with van der Waals surface area (Å²) in [6, 6.07) is 0. The van der Waals surface area contributed by atoms with Crippen molar-refractivity contribution in [3.8, 4) is 11.8 Å². The Morgan fingerprint density at radius 1 is 1.00 bits per heavy atom. The molecule has 0 amide bonds. The molecule has 0 atom stereocenters. The van der Waals surface area contributed by atoms with Gasteiger partial charge in [-0.25, -0.2) is 0 Å². The Morgan fingerprint density at radius 2 is 1.12 bits per heavy atom. The van der Waals surface area contributed by atoms with Crippen molar-refractivity contribution in [1.82, 2.24) is 0 Å². The highest BCUT2D eigenvalue weighted by Crippen LogP contribution is 1.87. The molecule has 0 unspecified atom stereocenters. The van der Waals surface area contributed by atoms with E-state index in [0.717, 1.165) is 0 Å². The van der Waals surface area contributed by atoms with Crippen LogP contribution in [0, 0.1) is 11.8 Å². The summed E-state index contributed by atoms with van der Waals surface area (Å²) in [7, 11) is 0. The smallest absolute Gasteiger partial charge is 0.174 e. The van der Waals surface area contributed by atoms with Crippen molar-refractivity contribution in [1.29, 1.82) is 0 Å². The molecule has 0 saturated carbocycles. The second-order valence-electron chi connectivity index (χ2n) is 0.747. The predicted octanol–water partition coefficient (Wildman–Crippen LogP) is 2.21. The zero-order valence-electron chi connectivity index (χ0n) is 4.71. The van der Waals surface area contributed by atoms with Gasteiger partial charge in [-0.15, -0.1) is 11.8 Å². The van der Waals surface area contributed by atoms with Crippen LogP contribution in [0.3, 0.4) is 0 Å². The largest absolute Gasteiger partial charge is 0.379 e. The molecule has 48 valence electrons. The maximum absolute atomic E-state index is 9.67. The first-order chi connectivity index (χ1) is 3.65. The standard InChI is InChI=1S/C4H6.CHF3/c1-3-4-2;2-1(3)4/h1-2H3;1H. The van der Waals surface area contributed by atoms with E-state index in [1.165, 1.54) is 0 Å². The van der Waals surface area contributed by atoms with Crippen LogP contribution < -0.4 is 0 Å². The highest BCUT2D eigenvalue weighted by Gasteiger charge is 1.86. The van der Waals surface area contributed by atoms with Gasteiger partial charge in [-0.3, -0.25) is 0 Å². The van der Waals surface area contributed by atoms with Gasteiger partial charge in [-0.05, 0) is 13.8 Å². The van der Waals surface area contributed by atoms with Crippen molar-refractivity contribution in [2.45, 2.75) is 20.5 Å². The number of hydrogen-bond acceptors (Lipinski definition) is 0. The number of alkyl halides is 3. The summed E-state index contributed by atoms with van der Waals surface area (Å²) in [6.45, 7) is -0.0278. The molecule has 0 aromatic heterocycles. The van der Waals surface area contributed by atoms with Gasteiger partial charge in [-0.2, -0.15) is 13.2 Å². The predicted molar refractivity (Wildman–Crippen MR) is 26.2 cm³/mol. The molecular weight excluding hydrogens is 117 g/mol.